The summed E-state index contributed by atoms with van der Waals surface area (Å²) < 4.78 is 40.1. The predicted molar refractivity (Wildman–Crippen MR) is 101 cm³/mol. The zero-order valence-corrected chi connectivity index (χ0v) is 15.1. The molecule has 29 heavy (non-hydrogen) atoms. The highest BCUT2D eigenvalue weighted by Gasteiger charge is 2.33. The highest BCUT2D eigenvalue weighted by Crippen LogP contribution is 2.39. The van der Waals surface area contributed by atoms with Gasteiger partial charge in [0.05, 0.1) is 17.6 Å². The van der Waals surface area contributed by atoms with Crippen LogP contribution in [0.5, 0.6) is 5.75 Å². The molecule has 2 N–H and O–H groups in total. The molecule has 0 fully saturated rings. The van der Waals surface area contributed by atoms with E-state index in [1.807, 2.05) is 6.92 Å². The normalized spacial score (nSPS) is 11.7. The van der Waals surface area contributed by atoms with Crippen molar-refractivity contribution in [2.75, 3.05) is 0 Å². The predicted octanol–water partition coefficient (Wildman–Crippen LogP) is 5.22. The summed E-state index contributed by atoms with van der Waals surface area (Å²) in [5.41, 5.74) is 2.62. The number of nitrogens with one attached hydrogen (secondary N) is 1. The van der Waals surface area contributed by atoms with Gasteiger partial charge in [-0.25, -0.2) is 14.5 Å². The highest BCUT2D eigenvalue weighted by molar-refractivity contribution is 5.84. The van der Waals surface area contributed by atoms with E-state index in [4.69, 9.17) is 6.57 Å². The van der Waals surface area contributed by atoms with Gasteiger partial charge in [-0.15, -0.1) is 0 Å². The van der Waals surface area contributed by atoms with Gasteiger partial charge in [0.25, 0.3) is 0 Å². The second-order valence-corrected chi connectivity index (χ2v) is 6.58. The Hall–Kier alpha value is -3.80. The number of imidazole rings is 1. The molecule has 146 valence electrons. The molecule has 2 heterocycles. The average Bonchev–Trinajstić information content (AvgIpc) is 3.20. The maximum atomic E-state index is 13.1. The van der Waals surface area contributed by atoms with Gasteiger partial charge in [0.2, 0.25) is 0 Å². The largest absolute Gasteiger partial charge is 0.504 e. The highest BCUT2D eigenvalue weighted by atomic mass is 19.4. The van der Waals surface area contributed by atoms with Crippen LogP contribution in [0.15, 0.2) is 42.5 Å². The first-order valence-corrected chi connectivity index (χ1v) is 8.56. The van der Waals surface area contributed by atoms with Crippen molar-refractivity contribution >= 4 is 16.7 Å². The molecular formula is C20H14F3N5O. The molecule has 0 aliphatic rings. The van der Waals surface area contributed by atoms with Crippen LogP contribution >= 0.6 is 0 Å². The summed E-state index contributed by atoms with van der Waals surface area (Å²) in [5.74, 6) is -0.364. The van der Waals surface area contributed by atoms with Gasteiger partial charge >= 0.3 is 6.18 Å². The van der Waals surface area contributed by atoms with Crippen LogP contribution in [0.1, 0.15) is 5.56 Å². The number of benzene rings is 2. The Kier molecular flexibility index (Phi) is 4.27. The third kappa shape index (κ3) is 3.52. The van der Waals surface area contributed by atoms with Crippen molar-refractivity contribution in [1.82, 2.24) is 19.7 Å². The lowest BCUT2D eigenvalue weighted by Crippen LogP contribution is -2.19. The molecule has 0 saturated heterocycles. The quantitative estimate of drug-likeness (QED) is 0.466. The molecule has 0 radical (unpaired) electrons. The lowest BCUT2D eigenvalue weighted by Gasteiger charge is -2.08. The number of alkyl halides is 3. The van der Waals surface area contributed by atoms with E-state index < -0.39 is 18.5 Å². The monoisotopic (exact) mass is 397 g/mol. The molecule has 2 aromatic carbocycles. The van der Waals surface area contributed by atoms with Crippen LogP contribution in [0.25, 0.3) is 38.7 Å². The van der Waals surface area contributed by atoms with Gasteiger partial charge in [-0.1, -0.05) is 35.9 Å². The average molecular weight is 397 g/mol. The van der Waals surface area contributed by atoms with Crippen LogP contribution in [-0.2, 0) is 6.54 Å². The van der Waals surface area contributed by atoms with Crippen LogP contribution in [0.2, 0.25) is 0 Å². The molecule has 0 amide bonds. The smallest absolute Gasteiger partial charge is 0.408 e. The second-order valence-electron chi connectivity index (χ2n) is 6.58. The van der Waals surface area contributed by atoms with E-state index in [9.17, 15) is 18.3 Å². The van der Waals surface area contributed by atoms with Gasteiger partial charge in [-0.3, -0.25) is 0 Å². The molecule has 2 aromatic heterocycles. The van der Waals surface area contributed by atoms with Crippen molar-refractivity contribution in [3.05, 3.63) is 59.4 Å². The molecular weight excluding hydrogens is 383 g/mol. The first-order valence-electron chi connectivity index (χ1n) is 8.56. The maximum Gasteiger partial charge on any atom is 0.408 e. The van der Waals surface area contributed by atoms with Crippen LogP contribution < -0.4 is 0 Å². The van der Waals surface area contributed by atoms with Gasteiger partial charge in [0, 0.05) is 5.56 Å². The number of aromatic hydroxyl groups is 1. The summed E-state index contributed by atoms with van der Waals surface area (Å²) in [6.07, 6.45) is -4.54. The fourth-order valence-electron chi connectivity index (χ4n) is 3.06. The van der Waals surface area contributed by atoms with Crippen LogP contribution in [-0.4, -0.2) is 31.0 Å². The number of fused-ring (bicyclic) bond motifs is 1. The standard InChI is InChI=1S/C20H14F3N5O/c1-11-3-5-12(6-4-11)16-18(29)17(28(27-16)10-20(21,22)23)19-25-14-8-7-13(24-2)9-15(14)26-19/h3-9,29H,10H2,1H3,(H,25,26). The summed E-state index contributed by atoms with van der Waals surface area (Å²) in [6, 6.07) is 11.6. The number of hydrogen-bond acceptors (Lipinski definition) is 3. The summed E-state index contributed by atoms with van der Waals surface area (Å²) >= 11 is 0. The minimum atomic E-state index is -4.54. The van der Waals surface area contributed by atoms with E-state index in [1.165, 1.54) is 0 Å². The third-order valence-electron chi connectivity index (χ3n) is 4.40. The summed E-state index contributed by atoms with van der Waals surface area (Å²) in [4.78, 5) is 10.5. The fourth-order valence-corrected chi connectivity index (χ4v) is 3.06. The molecule has 9 heteroatoms. The minimum absolute atomic E-state index is 0.0338. The summed E-state index contributed by atoms with van der Waals surface area (Å²) in [6.45, 7) is 7.58. The van der Waals surface area contributed by atoms with E-state index >= 15 is 0 Å². The summed E-state index contributed by atoms with van der Waals surface area (Å²) in [7, 11) is 0. The van der Waals surface area contributed by atoms with E-state index in [0.29, 0.717) is 27.0 Å². The third-order valence-corrected chi connectivity index (χ3v) is 4.40. The Bertz CT molecular complexity index is 1250. The van der Waals surface area contributed by atoms with Gasteiger partial charge < -0.3 is 10.1 Å². The number of aromatic amines is 1. The van der Waals surface area contributed by atoms with Crippen LogP contribution in [0.4, 0.5) is 18.9 Å². The Morgan fingerprint density at radius 2 is 1.90 bits per heavy atom. The maximum absolute atomic E-state index is 13.1. The lowest BCUT2D eigenvalue weighted by atomic mass is 10.1. The minimum Gasteiger partial charge on any atom is -0.504 e. The number of rotatable bonds is 3. The number of aromatic nitrogens is 4. The number of aryl methyl sites for hydroxylation is 1. The van der Waals surface area contributed by atoms with Crippen molar-refractivity contribution in [3.8, 4) is 28.5 Å². The van der Waals surface area contributed by atoms with E-state index in [1.54, 1.807) is 42.5 Å². The lowest BCUT2D eigenvalue weighted by molar-refractivity contribution is -0.142. The van der Waals surface area contributed by atoms with Gasteiger partial charge in [0.1, 0.15) is 17.9 Å². The molecule has 0 aliphatic heterocycles. The van der Waals surface area contributed by atoms with E-state index in [0.717, 1.165) is 5.56 Å². The SMILES string of the molecule is [C-]#[N+]c1ccc2nc(-c3c(O)c(-c4ccc(C)cc4)nn3CC(F)(F)F)[nH]c2c1. The molecule has 4 aromatic rings. The first-order chi connectivity index (χ1) is 13.7. The topological polar surface area (TPSA) is 71.1 Å². The zero-order chi connectivity index (χ0) is 20.8. The van der Waals surface area contributed by atoms with Gasteiger partial charge in [-0.2, -0.15) is 18.3 Å². The Morgan fingerprint density at radius 1 is 1.17 bits per heavy atom. The molecule has 0 spiro atoms. The van der Waals surface area contributed by atoms with E-state index in [2.05, 4.69) is 19.9 Å². The number of hydrogen-bond donors (Lipinski definition) is 2. The molecule has 0 saturated carbocycles. The Morgan fingerprint density at radius 3 is 2.55 bits per heavy atom. The van der Waals surface area contributed by atoms with Gasteiger partial charge in [-0.05, 0) is 19.1 Å². The van der Waals surface area contributed by atoms with Crippen molar-refractivity contribution in [2.45, 2.75) is 19.6 Å². The molecule has 0 atom stereocenters. The molecule has 0 aliphatic carbocycles. The van der Waals surface area contributed by atoms with E-state index in [-0.39, 0.29) is 17.2 Å². The van der Waals surface area contributed by atoms with Crippen molar-refractivity contribution < 1.29 is 18.3 Å². The number of halogens is 3. The van der Waals surface area contributed by atoms with Crippen LogP contribution in [0, 0.1) is 13.5 Å². The van der Waals surface area contributed by atoms with Crippen molar-refractivity contribution in [1.29, 1.82) is 0 Å². The van der Waals surface area contributed by atoms with Crippen LogP contribution in [0.3, 0.4) is 0 Å². The molecule has 0 bridgehead atoms. The van der Waals surface area contributed by atoms with Crippen molar-refractivity contribution in [3.63, 3.8) is 0 Å². The number of nitrogens with zero attached hydrogens (tertiary/aromatic N) is 4. The molecule has 4 rings (SSSR count). The fraction of sp³-hybridized carbons (Fsp3) is 0.150. The molecule has 6 nitrogen and oxygen atoms in total. The molecule has 0 unspecified atom stereocenters. The van der Waals surface area contributed by atoms with Gasteiger partial charge in [0.15, 0.2) is 17.3 Å². The number of H-pyrrole nitrogens is 1. The zero-order valence-electron chi connectivity index (χ0n) is 15.1. The Balaban J connectivity index is 1.91. The second kappa shape index (κ2) is 6.67. The Labute approximate surface area is 163 Å². The van der Waals surface area contributed by atoms with Crippen molar-refractivity contribution in [2.24, 2.45) is 0 Å². The first kappa shape index (κ1) is 18.6. The summed E-state index contributed by atoms with van der Waals surface area (Å²) in [5, 5.41) is 14.8.